The summed E-state index contributed by atoms with van der Waals surface area (Å²) in [5.74, 6) is 1.50. The molecule has 0 fully saturated rings. The van der Waals surface area contributed by atoms with Crippen LogP contribution in [0.5, 0.6) is 11.5 Å². The topological polar surface area (TPSA) is 98.0 Å². The number of fused-ring (bicyclic) bond motifs is 1. The molecule has 3 rings (SSSR count). The minimum Gasteiger partial charge on any atom is -0.486 e. The minimum atomic E-state index is -3.78. The van der Waals surface area contributed by atoms with E-state index in [0.29, 0.717) is 30.5 Å². The summed E-state index contributed by atoms with van der Waals surface area (Å²) in [6, 6.07) is 7.85. The van der Waals surface area contributed by atoms with E-state index in [1.807, 2.05) is 0 Å². The summed E-state index contributed by atoms with van der Waals surface area (Å²) in [4.78, 5) is 0.0561. The predicted octanol–water partition coefficient (Wildman–Crippen LogP) is 1.32. The average molecular weight is 353 g/mol. The Morgan fingerprint density at radius 2 is 1.96 bits per heavy atom. The summed E-state index contributed by atoms with van der Waals surface area (Å²) < 4.78 is 43.2. The molecule has 1 aliphatic rings. The number of hydrogen-bond acceptors (Lipinski definition) is 6. The summed E-state index contributed by atoms with van der Waals surface area (Å²) in [6.07, 6.45) is 1.70. The van der Waals surface area contributed by atoms with E-state index < -0.39 is 15.6 Å². The highest BCUT2D eigenvalue weighted by molar-refractivity contribution is 7.89. The molecule has 0 saturated carbocycles. The van der Waals surface area contributed by atoms with E-state index in [0.717, 1.165) is 0 Å². The minimum absolute atomic E-state index is 0.0561. The second-order valence-electron chi connectivity index (χ2n) is 5.88. The first-order valence-corrected chi connectivity index (χ1v) is 8.98. The molecule has 7 nitrogen and oxygen atoms in total. The van der Waals surface area contributed by atoms with Crippen molar-refractivity contribution in [2.45, 2.75) is 23.8 Å². The highest BCUT2D eigenvalue weighted by Crippen LogP contribution is 2.32. The summed E-state index contributed by atoms with van der Waals surface area (Å²) in [5, 5.41) is 10.4. The van der Waals surface area contributed by atoms with Gasteiger partial charge in [-0.05, 0) is 31.2 Å². The van der Waals surface area contributed by atoms with Crippen LogP contribution in [0.15, 0.2) is 45.9 Å². The standard InChI is InChI=1S/C16H19NO6S/c1-16(18,10-12-3-2-6-21-12)11-17-24(19,20)13-4-5-14-15(9-13)23-8-7-22-14/h2-6,9,17-18H,7-8,10-11H2,1H3. The van der Waals surface area contributed by atoms with Crippen LogP contribution in [0.1, 0.15) is 12.7 Å². The monoisotopic (exact) mass is 353 g/mol. The Bertz CT molecular complexity index is 798. The maximum absolute atomic E-state index is 12.4. The molecule has 130 valence electrons. The van der Waals surface area contributed by atoms with Gasteiger partial charge in [-0.3, -0.25) is 0 Å². The summed E-state index contributed by atoms with van der Waals surface area (Å²) in [6.45, 7) is 2.21. The van der Waals surface area contributed by atoms with Gasteiger partial charge in [-0.25, -0.2) is 13.1 Å². The van der Waals surface area contributed by atoms with Crippen molar-refractivity contribution in [1.82, 2.24) is 4.72 Å². The smallest absolute Gasteiger partial charge is 0.240 e. The molecule has 1 atom stereocenters. The van der Waals surface area contributed by atoms with Crippen LogP contribution in [0.4, 0.5) is 0 Å². The molecule has 0 saturated heterocycles. The maximum Gasteiger partial charge on any atom is 0.240 e. The molecular weight excluding hydrogens is 334 g/mol. The second-order valence-corrected chi connectivity index (χ2v) is 7.65. The van der Waals surface area contributed by atoms with Crippen molar-refractivity contribution in [3.05, 3.63) is 42.4 Å². The van der Waals surface area contributed by atoms with Crippen LogP contribution in [-0.2, 0) is 16.4 Å². The number of furan rings is 1. The van der Waals surface area contributed by atoms with E-state index in [1.54, 1.807) is 25.1 Å². The SMILES string of the molecule is CC(O)(CNS(=O)(=O)c1ccc2c(c1)OCCO2)Cc1ccco1. The quantitative estimate of drug-likeness (QED) is 0.813. The van der Waals surface area contributed by atoms with Crippen LogP contribution in [-0.4, -0.2) is 38.9 Å². The Hall–Kier alpha value is -2.03. The van der Waals surface area contributed by atoms with Crippen molar-refractivity contribution in [2.75, 3.05) is 19.8 Å². The molecule has 1 unspecified atom stereocenters. The molecule has 0 radical (unpaired) electrons. The average Bonchev–Trinajstić information content (AvgIpc) is 3.05. The number of rotatable bonds is 6. The first-order valence-electron chi connectivity index (χ1n) is 7.50. The fourth-order valence-electron chi connectivity index (χ4n) is 2.38. The predicted molar refractivity (Wildman–Crippen MR) is 85.7 cm³/mol. The molecule has 24 heavy (non-hydrogen) atoms. The van der Waals surface area contributed by atoms with Crippen LogP contribution < -0.4 is 14.2 Å². The van der Waals surface area contributed by atoms with E-state index in [2.05, 4.69) is 4.72 Å². The highest BCUT2D eigenvalue weighted by atomic mass is 32.2. The van der Waals surface area contributed by atoms with E-state index in [1.165, 1.54) is 18.4 Å². The normalized spacial score (nSPS) is 16.6. The Morgan fingerprint density at radius 3 is 2.67 bits per heavy atom. The highest BCUT2D eigenvalue weighted by Gasteiger charge is 2.26. The van der Waals surface area contributed by atoms with Gasteiger partial charge in [0.1, 0.15) is 19.0 Å². The molecule has 2 N–H and O–H groups in total. The lowest BCUT2D eigenvalue weighted by Gasteiger charge is -2.23. The third-order valence-corrected chi connectivity index (χ3v) is 5.00. The number of benzene rings is 1. The lowest BCUT2D eigenvalue weighted by molar-refractivity contribution is 0.0603. The number of ether oxygens (including phenoxy) is 2. The molecular formula is C16H19NO6S. The zero-order chi connectivity index (χ0) is 17.2. The van der Waals surface area contributed by atoms with Crippen LogP contribution in [0.25, 0.3) is 0 Å². The fourth-order valence-corrected chi connectivity index (χ4v) is 3.55. The van der Waals surface area contributed by atoms with Crippen LogP contribution in [0.3, 0.4) is 0 Å². The van der Waals surface area contributed by atoms with Gasteiger partial charge in [0.15, 0.2) is 11.5 Å². The molecule has 1 aromatic heterocycles. The second kappa shape index (κ2) is 6.46. The Morgan fingerprint density at radius 1 is 1.21 bits per heavy atom. The molecule has 8 heteroatoms. The molecule has 1 aliphatic heterocycles. The van der Waals surface area contributed by atoms with Crippen molar-refractivity contribution >= 4 is 10.0 Å². The van der Waals surface area contributed by atoms with Crippen molar-refractivity contribution < 1.29 is 27.4 Å². The zero-order valence-corrected chi connectivity index (χ0v) is 14.0. The fraction of sp³-hybridized carbons (Fsp3) is 0.375. The summed E-state index contributed by atoms with van der Waals surface area (Å²) in [7, 11) is -3.78. The van der Waals surface area contributed by atoms with Gasteiger partial charge >= 0.3 is 0 Å². The molecule has 2 aromatic rings. The van der Waals surface area contributed by atoms with Gasteiger partial charge in [-0.1, -0.05) is 0 Å². The van der Waals surface area contributed by atoms with E-state index in [4.69, 9.17) is 13.9 Å². The Labute approximate surface area is 140 Å². The Balaban J connectivity index is 1.69. The Kier molecular flexibility index (Phi) is 4.53. The van der Waals surface area contributed by atoms with Crippen molar-refractivity contribution in [3.8, 4) is 11.5 Å². The van der Waals surface area contributed by atoms with Crippen LogP contribution in [0, 0.1) is 0 Å². The largest absolute Gasteiger partial charge is 0.486 e. The van der Waals surface area contributed by atoms with E-state index in [-0.39, 0.29) is 17.9 Å². The summed E-state index contributed by atoms with van der Waals surface area (Å²) in [5.41, 5.74) is -1.28. The first kappa shape index (κ1) is 16.8. The van der Waals surface area contributed by atoms with Gasteiger partial charge in [-0.15, -0.1) is 0 Å². The number of hydrogen-bond donors (Lipinski definition) is 2. The van der Waals surface area contributed by atoms with Gasteiger partial charge in [0.05, 0.1) is 16.8 Å². The third kappa shape index (κ3) is 3.89. The number of aliphatic hydroxyl groups is 1. The molecule has 2 heterocycles. The van der Waals surface area contributed by atoms with Gasteiger partial charge < -0.3 is 19.0 Å². The van der Waals surface area contributed by atoms with Crippen LogP contribution >= 0.6 is 0 Å². The summed E-state index contributed by atoms with van der Waals surface area (Å²) >= 11 is 0. The lowest BCUT2D eigenvalue weighted by atomic mass is 10.0. The number of sulfonamides is 1. The lowest BCUT2D eigenvalue weighted by Crippen LogP contribution is -2.42. The molecule has 0 spiro atoms. The molecule has 0 amide bonds. The van der Waals surface area contributed by atoms with Crippen molar-refractivity contribution in [1.29, 1.82) is 0 Å². The maximum atomic E-state index is 12.4. The van der Waals surface area contributed by atoms with E-state index >= 15 is 0 Å². The molecule has 0 aliphatic carbocycles. The van der Waals surface area contributed by atoms with Gasteiger partial charge in [0.2, 0.25) is 10.0 Å². The van der Waals surface area contributed by atoms with E-state index in [9.17, 15) is 13.5 Å². The third-order valence-electron chi connectivity index (χ3n) is 3.60. The number of nitrogens with one attached hydrogen (secondary N) is 1. The first-order chi connectivity index (χ1) is 11.4. The van der Waals surface area contributed by atoms with Crippen molar-refractivity contribution in [2.24, 2.45) is 0 Å². The van der Waals surface area contributed by atoms with Gasteiger partial charge in [0, 0.05) is 19.0 Å². The zero-order valence-electron chi connectivity index (χ0n) is 13.2. The van der Waals surface area contributed by atoms with Crippen LogP contribution in [0.2, 0.25) is 0 Å². The van der Waals surface area contributed by atoms with Gasteiger partial charge in [0.25, 0.3) is 0 Å². The molecule has 1 aromatic carbocycles. The van der Waals surface area contributed by atoms with Crippen molar-refractivity contribution in [3.63, 3.8) is 0 Å². The van der Waals surface area contributed by atoms with Gasteiger partial charge in [-0.2, -0.15) is 0 Å². The molecule has 0 bridgehead atoms.